The molecular formula is C16H23BrN2O. The number of nitrogens with one attached hydrogen (secondary N) is 2. The molecule has 0 radical (unpaired) electrons. The maximum absolute atomic E-state index is 12.7. The minimum absolute atomic E-state index is 0.0207. The first-order chi connectivity index (χ1) is 9.59. The van der Waals surface area contributed by atoms with Crippen LogP contribution in [0.5, 0.6) is 0 Å². The summed E-state index contributed by atoms with van der Waals surface area (Å²) in [6, 6.07) is 8.07. The van der Waals surface area contributed by atoms with E-state index in [4.69, 9.17) is 0 Å². The Bertz CT molecular complexity index is 469. The molecule has 0 aromatic heterocycles. The second-order valence-electron chi connectivity index (χ2n) is 5.67. The molecule has 2 atom stereocenters. The summed E-state index contributed by atoms with van der Waals surface area (Å²) in [5.41, 5.74) is 0.906. The van der Waals surface area contributed by atoms with Crippen molar-refractivity contribution in [2.24, 2.45) is 5.41 Å². The van der Waals surface area contributed by atoms with Crippen LogP contribution in [0.2, 0.25) is 0 Å². The minimum Gasteiger partial charge on any atom is -0.349 e. The predicted octanol–water partition coefficient (Wildman–Crippen LogP) is 3.41. The molecule has 1 aliphatic rings. The predicted molar refractivity (Wildman–Crippen MR) is 85.5 cm³/mol. The van der Waals surface area contributed by atoms with E-state index >= 15 is 0 Å². The highest BCUT2D eigenvalue weighted by molar-refractivity contribution is 9.10. The van der Waals surface area contributed by atoms with Crippen LogP contribution >= 0.6 is 15.9 Å². The summed E-state index contributed by atoms with van der Waals surface area (Å²) in [4.78, 5) is 12.7. The first-order valence-corrected chi connectivity index (χ1v) is 8.14. The van der Waals surface area contributed by atoms with Gasteiger partial charge in [-0.3, -0.25) is 4.79 Å². The van der Waals surface area contributed by atoms with Crippen molar-refractivity contribution < 1.29 is 4.79 Å². The Kier molecular flexibility index (Phi) is 5.22. The molecular weight excluding hydrogens is 316 g/mol. The van der Waals surface area contributed by atoms with E-state index in [1.807, 2.05) is 25.1 Å². The summed E-state index contributed by atoms with van der Waals surface area (Å²) < 4.78 is 1.04. The van der Waals surface area contributed by atoms with E-state index in [1.165, 1.54) is 0 Å². The van der Waals surface area contributed by atoms with Crippen LogP contribution in [0.25, 0.3) is 0 Å². The zero-order valence-corrected chi connectivity index (χ0v) is 13.8. The minimum atomic E-state index is -0.218. The standard InChI is InChI=1S/C16H23BrN2O/c1-3-8-16(9-10-18-11-16)15(20)19-12(2)13-6-4-5-7-14(13)17/h4-7,12,18H,3,8-11H2,1-2H3,(H,19,20). The van der Waals surface area contributed by atoms with Crippen LogP contribution in [0, 0.1) is 5.41 Å². The van der Waals surface area contributed by atoms with Crippen molar-refractivity contribution in [1.29, 1.82) is 0 Å². The zero-order chi connectivity index (χ0) is 14.6. The molecule has 2 N–H and O–H groups in total. The highest BCUT2D eigenvalue weighted by atomic mass is 79.9. The molecule has 4 heteroatoms. The number of carbonyl (C=O) groups is 1. The molecule has 1 amide bonds. The van der Waals surface area contributed by atoms with Gasteiger partial charge in [0, 0.05) is 11.0 Å². The highest BCUT2D eigenvalue weighted by Gasteiger charge is 2.40. The fourth-order valence-electron chi connectivity index (χ4n) is 3.00. The van der Waals surface area contributed by atoms with Crippen LogP contribution in [-0.4, -0.2) is 19.0 Å². The quantitative estimate of drug-likeness (QED) is 0.863. The molecule has 1 heterocycles. The third kappa shape index (κ3) is 3.23. The summed E-state index contributed by atoms with van der Waals surface area (Å²) >= 11 is 3.55. The van der Waals surface area contributed by atoms with E-state index < -0.39 is 0 Å². The summed E-state index contributed by atoms with van der Waals surface area (Å²) in [6.07, 6.45) is 2.93. The SMILES string of the molecule is CCCC1(C(=O)NC(C)c2ccccc2Br)CCNC1. The molecule has 1 aromatic rings. The van der Waals surface area contributed by atoms with Crippen molar-refractivity contribution in [2.45, 2.75) is 39.2 Å². The number of halogens is 1. The zero-order valence-electron chi connectivity index (χ0n) is 12.2. The van der Waals surface area contributed by atoms with Gasteiger partial charge in [-0.1, -0.05) is 47.5 Å². The van der Waals surface area contributed by atoms with Gasteiger partial charge < -0.3 is 10.6 Å². The van der Waals surface area contributed by atoms with Gasteiger partial charge in [-0.05, 0) is 37.9 Å². The summed E-state index contributed by atoms with van der Waals surface area (Å²) in [7, 11) is 0. The van der Waals surface area contributed by atoms with Gasteiger partial charge >= 0.3 is 0 Å². The number of carbonyl (C=O) groups excluding carboxylic acids is 1. The van der Waals surface area contributed by atoms with Crippen molar-refractivity contribution in [1.82, 2.24) is 10.6 Å². The van der Waals surface area contributed by atoms with Crippen molar-refractivity contribution in [3.8, 4) is 0 Å². The van der Waals surface area contributed by atoms with Crippen molar-refractivity contribution in [2.75, 3.05) is 13.1 Å². The molecule has 2 rings (SSSR count). The summed E-state index contributed by atoms with van der Waals surface area (Å²) in [6.45, 7) is 5.93. The molecule has 1 fully saturated rings. The van der Waals surface area contributed by atoms with Gasteiger partial charge in [0.25, 0.3) is 0 Å². The number of amides is 1. The van der Waals surface area contributed by atoms with Crippen LogP contribution in [0.15, 0.2) is 28.7 Å². The Morgan fingerprint density at radius 2 is 2.25 bits per heavy atom. The lowest BCUT2D eigenvalue weighted by Crippen LogP contribution is -2.43. The van der Waals surface area contributed by atoms with Gasteiger partial charge in [0.2, 0.25) is 5.91 Å². The smallest absolute Gasteiger partial charge is 0.228 e. The Morgan fingerprint density at radius 3 is 2.85 bits per heavy atom. The number of hydrogen-bond acceptors (Lipinski definition) is 2. The highest BCUT2D eigenvalue weighted by Crippen LogP contribution is 2.32. The van der Waals surface area contributed by atoms with Crippen LogP contribution in [0.4, 0.5) is 0 Å². The Labute approximate surface area is 129 Å². The Hall–Kier alpha value is -0.870. The third-order valence-electron chi connectivity index (χ3n) is 4.17. The molecule has 2 unspecified atom stereocenters. The lowest BCUT2D eigenvalue weighted by molar-refractivity contribution is -0.131. The maximum atomic E-state index is 12.7. The van der Waals surface area contributed by atoms with Crippen LogP contribution in [0.3, 0.4) is 0 Å². The van der Waals surface area contributed by atoms with Gasteiger partial charge in [0.05, 0.1) is 11.5 Å². The molecule has 20 heavy (non-hydrogen) atoms. The second kappa shape index (κ2) is 6.72. The van der Waals surface area contributed by atoms with E-state index in [0.717, 1.165) is 42.4 Å². The van der Waals surface area contributed by atoms with E-state index in [-0.39, 0.29) is 17.4 Å². The van der Waals surface area contributed by atoms with Crippen LogP contribution in [0.1, 0.15) is 44.7 Å². The van der Waals surface area contributed by atoms with Crippen LogP contribution < -0.4 is 10.6 Å². The topological polar surface area (TPSA) is 41.1 Å². The first-order valence-electron chi connectivity index (χ1n) is 7.35. The number of benzene rings is 1. The molecule has 0 aliphatic carbocycles. The van der Waals surface area contributed by atoms with E-state index in [1.54, 1.807) is 0 Å². The molecule has 0 spiro atoms. The normalized spacial score (nSPS) is 23.6. The number of rotatable bonds is 5. The molecule has 1 aliphatic heterocycles. The molecule has 3 nitrogen and oxygen atoms in total. The summed E-state index contributed by atoms with van der Waals surface area (Å²) in [5.74, 6) is 0.188. The lowest BCUT2D eigenvalue weighted by Gasteiger charge is -2.29. The molecule has 1 saturated heterocycles. The molecule has 0 saturated carbocycles. The van der Waals surface area contributed by atoms with Crippen molar-refractivity contribution in [3.63, 3.8) is 0 Å². The number of hydrogen-bond donors (Lipinski definition) is 2. The Balaban J connectivity index is 2.08. The van der Waals surface area contributed by atoms with Gasteiger partial charge in [0.15, 0.2) is 0 Å². The van der Waals surface area contributed by atoms with E-state index in [0.29, 0.717) is 0 Å². The molecule has 0 bridgehead atoms. The van der Waals surface area contributed by atoms with Gasteiger partial charge in [-0.2, -0.15) is 0 Å². The largest absolute Gasteiger partial charge is 0.349 e. The molecule has 1 aromatic carbocycles. The second-order valence-corrected chi connectivity index (χ2v) is 6.53. The van der Waals surface area contributed by atoms with Crippen molar-refractivity contribution >= 4 is 21.8 Å². The lowest BCUT2D eigenvalue weighted by atomic mass is 9.81. The van der Waals surface area contributed by atoms with E-state index in [2.05, 4.69) is 39.6 Å². The summed E-state index contributed by atoms with van der Waals surface area (Å²) in [5, 5.41) is 6.53. The first kappa shape index (κ1) is 15.5. The van der Waals surface area contributed by atoms with Crippen molar-refractivity contribution in [3.05, 3.63) is 34.3 Å². The monoisotopic (exact) mass is 338 g/mol. The van der Waals surface area contributed by atoms with Crippen LogP contribution in [-0.2, 0) is 4.79 Å². The van der Waals surface area contributed by atoms with Gasteiger partial charge in [-0.25, -0.2) is 0 Å². The Morgan fingerprint density at radius 1 is 1.50 bits per heavy atom. The maximum Gasteiger partial charge on any atom is 0.228 e. The average molecular weight is 339 g/mol. The van der Waals surface area contributed by atoms with Gasteiger partial charge in [0.1, 0.15) is 0 Å². The third-order valence-corrected chi connectivity index (χ3v) is 4.90. The molecule has 110 valence electrons. The van der Waals surface area contributed by atoms with E-state index in [9.17, 15) is 4.79 Å². The average Bonchev–Trinajstić information content (AvgIpc) is 2.89. The fraction of sp³-hybridized carbons (Fsp3) is 0.562. The fourth-order valence-corrected chi connectivity index (χ4v) is 3.62. The van der Waals surface area contributed by atoms with Gasteiger partial charge in [-0.15, -0.1) is 0 Å².